The number of aryl methyl sites for hydroxylation is 1. The van der Waals surface area contributed by atoms with E-state index in [1.165, 1.54) is 7.11 Å². The van der Waals surface area contributed by atoms with Crippen molar-refractivity contribution < 1.29 is 14.3 Å². The van der Waals surface area contributed by atoms with Crippen LogP contribution in [0, 0.1) is 6.92 Å². The summed E-state index contributed by atoms with van der Waals surface area (Å²) < 4.78 is 4.78. The van der Waals surface area contributed by atoms with Crippen LogP contribution in [0.25, 0.3) is 0 Å². The van der Waals surface area contributed by atoms with E-state index in [0.717, 1.165) is 10.6 Å². The number of ether oxygens (including phenoxy) is 1. The molecule has 0 unspecified atom stereocenters. The zero-order valence-electron chi connectivity index (χ0n) is 12.3. The smallest absolute Gasteiger partial charge is 0.339 e. The summed E-state index contributed by atoms with van der Waals surface area (Å²) in [5.41, 5.74) is 2.23. The molecule has 0 aromatic carbocycles. The van der Waals surface area contributed by atoms with Crippen LogP contribution in [0.15, 0.2) is 17.5 Å². The Bertz CT molecular complexity index is 644. The Kier molecular flexibility index (Phi) is 4.80. The molecular weight excluding hydrogens is 288 g/mol. The number of hydrogen-bond acceptors (Lipinski definition) is 4. The molecule has 0 bridgehead atoms. The number of nitrogens with one attached hydrogen (secondary N) is 2. The number of aromatic nitrogens is 1. The van der Waals surface area contributed by atoms with E-state index in [4.69, 9.17) is 4.74 Å². The van der Waals surface area contributed by atoms with Gasteiger partial charge in [0.15, 0.2) is 0 Å². The van der Waals surface area contributed by atoms with Crippen molar-refractivity contribution in [3.8, 4) is 0 Å². The first-order valence-corrected chi connectivity index (χ1v) is 7.56. The maximum Gasteiger partial charge on any atom is 0.339 e. The molecule has 21 heavy (non-hydrogen) atoms. The molecule has 0 spiro atoms. The van der Waals surface area contributed by atoms with Crippen molar-refractivity contribution in [1.82, 2.24) is 10.3 Å². The van der Waals surface area contributed by atoms with Gasteiger partial charge in [0.2, 0.25) is 0 Å². The molecule has 0 radical (unpaired) electrons. The van der Waals surface area contributed by atoms with Gasteiger partial charge in [0.05, 0.1) is 19.2 Å². The number of methoxy groups -OCH3 is 1. The van der Waals surface area contributed by atoms with Gasteiger partial charge in [-0.1, -0.05) is 13.0 Å². The number of carbonyl (C=O) groups excluding carboxylic acids is 2. The van der Waals surface area contributed by atoms with Crippen molar-refractivity contribution in [2.45, 2.75) is 26.8 Å². The Hall–Kier alpha value is -2.08. The average molecular weight is 306 g/mol. The molecule has 0 aliphatic carbocycles. The maximum atomic E-state index is 12.3. The van der Waals surface area contributed by atoms with Gasteiger partial charge in [-0.25, -0.2) is 4.79 Å². The first kappa shape index (κ1) is 15.3. The molecule has 2 heterocycles. The van der Waals surface area contributed by atoms with E-state index in [2.05, 4.69) is 10.3 Å². The second-order valence-electron chi connectivity index (χ2n) is 4.59. The third-order valence-corrected chi connectivity index (χ3v) is 4.18. The molecule has 0 aliphatic heterocycles. The highest BCUT2D eigenvalue weighted by Gasteiger charge is 2.23. The Morgan fingerprint density at radius 1 is 1.43 bits per heavy atom. The van der Waals surface area contributed by atoms with E-state index in [0.29, 0.717) is 29.8 Å². The van der Waals surface area contributed by atoms with Crippen LogP contribution in [0.1, 0.15) is 43.9 Å². The fourth-order valence-electron chi connectivity index (χ4n) is 2.20. The van der Waals surface area contributed by atoms with Crippen LogP contribution in [-0.2, 0) is 17.7 Å². The molecule has 1 amide bonds. The number of esters is 1. The molecule has 2 aromatic heterocycles. The van der Waals surface area contributed by atoms with Crippen molar-refractivity contribution in [3.63, 3.8) is 0 Å². The third-order valence-electron chi connectivity index (χ3n) is 3.30. The summed E-state index contributed by atoms with van der Waals surface area (Å²) >= 11 is 1.59. The number of H-pyrrole nitrogens is 1. The van der Waals surface area contributed by atoms with E-state index >= 15 is 0 Å². The molecule has 2 aromatic rings. The molecule has 0 aliphatic rings. The second kappa shape index (κ2) is 6.58. The lowest BCUT2D eigenvalue weighted by Crippen LogP contribution is -2.23. The molecule has 112 valence electrons. The molecule has 0 saturated carbocycles. The van der Waals surface area contributed by atoms with Crippen LogP contribution >= 0.6 is 11.3 Å². The highest BCUT2D eigenvalue weighted by Crippen LogP contribution is 2.20. The number of rotatable bonds is 5. The van der Waals surface area contributed by atoms with Gasteiger partial charge in [0.1, 0.15) is 5.69 Å². The number of carbonyl (C=O) groups is 2. The summed E-state index contributed by atoms with van der Waals surface area (Å²) in [6.07, 6.45) is 0.628. The topological polar surface area (TPSA) is 71.2 Å². The fraction of sp³-hybridized carbons (Fsp3) is 0.333. The monoisotopic (exact) mass is 306 g/mol. The minimum Gasteiger partial charge on any atom is -0.465 e. The van der Waals surface area contributed by atoms with Crippen LogP contribution < -0.4 is 5.32 Å². The van der Waals surface area contributed by atoms with Gasteiger partial charge in [-0.05, 0) is 30.4 Å². The molecule has 6 heteroatoms. The predicted molar refractivity (Wildman–Crippen MR) is 81.7 cm³/mol. The van der Waals surface area contributed by atoms with Crippen molar-refractivity contribution in [3.05, 3.63) is 44.9 Å². The Morgan fingerprint density at radius 3 is 2.76 bits per heavy atom. The first-order chi connectivity index (χ1) is 10.1. The van der Waals surface area contributed by atoms with E-state index in [1.54, 1.807) is 18.3 Å². The van der Waals surface area contributed by atoms with Gasteiger partial charge < -0.3 is 15.0 Å². The van der Waals surface area contributed by atoms with Crippen molar-refractivity contribution >= 4 is 23.2 Å². The van der Waals surface area contributed by atoms with Crippen molar-refractivity contribution in [2.75, 3.05) is 7.11 Å². The van der Waals surface area contributed by atoms with Gasteiger partial charge in [0, 0.05) is 10.6 Å². The predicted octanol–water partition coefficient (Wildman–Crippen LogP) is 2.66. The summed E-state index contributed by atoms with van der Waals surface area (Å²) in [7, 11) is 1.34. The Morgan fingerprint density at radius 2 is 2.19 bits per heavy atom. The molecule has 0 fully saturated rings. The van der Waals surface area contributed by atoms with Crippen LogP contribution in [0.2, 0.25) is 0 Å². The van der Waals surface area contributed by atoms with E-state index in [9.17, 15) is 9.59 Å². The normalized spacial score (nSPS) is 10.4. The Balaban J connectivity index is 2.21. The lowest BCUT2D eigenvalue weighted by molar-refractivity contribution is 0.0599. The van der Waals surface area contributed by atoms with Gasteiger partial charge >= 0.3 is 5.97 Å². The first-order valence-electron chi connectivity index (χ1n) is 6.68. The van der Waals surface area contributed by atoms with Gasteiger partial charge in [-0.15, -0.1) is 11.3 Å². The lowest BCUT2D eigenvalue weighted by atomic mass is 10.1. The summed E-state index contributed by atoms with van der Waals surface area (Å²) in [5, 5.41) is 4.82. The lowest BCUT2D eigenvalue weighted by Gasteiger charge is -2.03. The minimum absolute atomic E-state index is 0.217. The largest absolute Gasteiger partial charge is 0.465 e. The van der Waals surface area contributed by atoms with Gasteiger partial charge in [0.25, 0.3) is 5.91 Å². The zero-order valence-corrected chi connectivity index (χ0v) is 13.1. The molecule has 2 N–H and O–H groups in total. The number of aromatic amines is 1. The van der Waals surface area contributed by atoms with E-state index < -0.39 is 5.97 Å². The molecule has 5 nitrogen and oxygen atoms in total. The minimum atomic E-state index is -0.419. The highest BCUT2D eigenvalue weighted by molar-refractivity contribution is 7.09. The maximum absolute atomic E-state index is 12.3. The van der Waals surface area contributed by atoms with E-state index in [1.807, 2.05) is 24.4 Å². The second-order valence-corrected chi connectivity index (χ2v) is 5.62. The summed E-state index contributed by atoms with van der Waals surface area (Å²) in [6, 6.07) is 3.90. The number of hydrogen-bond donors (Lipinski definition) is 2. The standard InChI is InChI=1S/C15H18N2O3S/c1-4-11-12(15(19)20-3)9(2)13(17-11)14(18)16-8-10-6-5-7-21-10/h5-7,17H,4,8H2,1-3H3,(H,16,18). The van der Waals surface area contributed by atoms with Gasteiger partial charge in [-0.3, -0.25) is 4.79 Å². The SMILES string of the molecule is CCc1[nH]c(C(=O)NCc2cccs2)c(C)c1C(=O)OC. The summed E-state index contributed by atoms with van der Waals surface area (Å²) in [4.78, 5) is 28.2. The third kappa shape index (κ3) is 3.16. The van der Waals surface area contributed by atoms with Crippen LogP contribution in [0.5, 0.6) is 0 Å². The Labute approximate surface area is 127 Å². The molecule has 2 rings (SSSR count). The molecular formula is C15H18N2O3S. The summed E-state index contributed by atoms with van der Waals surface area (Å²) in [6.45, 7) is 4.15. The summed E-state index contributed by atoms with van der Waals surface area (Å²) in [5.74, 6) is -0.636. The van der Waals surface area contributed by atoms with Gasteiger partial charge in [-0.2, -0.15) is 0 Å². The fourth-order valence-corrected chi connectivity index (χ4v) is 2.84. The number of thiophene rings is 1. The van der Waals surface area contributed by atoms with Crippen molar-refractivity contribution in [1.29, 1.82) is 0 Å². The van der Waals surface area contributed by atoms with Crippen molar-refractivity contribution in [2.24, 2.45) is 0 Å². The quantitative estimate of drug-likeness (QED) is 0.834. The zero-order chi connectivity index (χ0) is 15.4. The molecule has 0 atom stereocenters. The van der Waals surface area contributed by atoms with Crippen LogP contribution in [-0.4, -0.2) is 24.0 Å². The van der Waals surface area contributed by atoms with Crippen LogP contribution in [0.3, 0.4) is 0 Å². The van der Waals surface area contributed by atoms with Crippen LogP contribution in [0.4, 0.5) is 0 Å². The number of amides is 1. The van der Waals surface area contributed by atoms with E-state index in [-0.39, 0.29) is 5.91 Å². The average Bonchev–Trinajstić information content (AvgIpc) is 3.11. The highest BCUT2D eigenvalue weighted by atomic mass is 32.1. The molecule has 0 saturated heterocycles.